The third kappa shape index (κ3) is 2.74. The van der Waals surface area contributed by atoms with Gasteiger partial charge in [-0.15, -0.1) is 0 Å². The molecule has 0 unspecified atom stereocenters. The molecule has 23 heavy (non-hydrogen) atoms. The fourth-order valence-electron chi connectivity index (χ4n) is 2.92. The first-order chi connectivity index (χ1) is 11.0. The monoisotopic (exact) mass is 316 g/mol. The smallest absolute Gasteiger partial charge is 0.231 e. The molecule has 3 rings (SSSR count). The largest absolute Gasteiger partial charge is 0.496 e. The first-order valence-corrected chi connectivity index (χ1v) is 7.85. The first-order valence-electron chi connectivity index (χ1n) is 7.85. The molecular formula is C19H21FO3. The molecule has 0 amide bonds. The van der Waals surface area contributed by atoms with Crippen molar-refractivity contribution in [3.8, 4) is 28.4 Å². The molecule has 0 saturated carbocycles. The van der Waals surface area contributed by atoms with Crippen molar-refractivity contribution in [3.05, 3.63) is 41.2 Å². The van der Waals surface area contributed by atoms with Crippen molar-refractivity contribution in [1.29, 1.82) is 0 Å². The highest BCUT2D eigenvalue weighted by atomic mass is 19.1. The highest BCUT2D eigenvalue weighted by Gasteiger charge is 2.21. The molecule has 4 heteroatoms. The van der Waals surface area contributed by atoms with Crippen LogP contribution in [0.4, 0.5) is 4.39 Å². The zero-order valence-corrected chi connectivity index (χ0v) is 13.9. The summed E-state index contributed by atoms with van der Waals surface area (Å²) < 4.78 is 30.6. The van der Waals surface area contributed by atoms with Crippen LogP contribution in [0.5, 0.6) is 17.2 Å². The maximum Gasteiger partial charge on any atom is 0.231 e. The number of hydrogen-bond donors (Lipinski definition) is 0. The van der Waals surface area contributed by atoms with Crippen molar-refractivity contribution in [1.82, 2.24) is 0 Å². The second-order valence-corrected chi connectivity index (χ2v) is 5.94. The predicted octanol–water partition coefficient (Wildman–Crippen LogP) is 4.92. The lowest BCUT2D eigenvalue weighted by Crippen LogP contribution is -1.99. The molecule has 0 atom stereocenters. The standard InChI is InChI=1S/C19H21FO3/c1-5-12-6-18-19(23-10-22-18)8-14(12)15-7-13(11(2)3)16(20)9-17(15)21-4/h6-9,11H,5,10H2,1-4H3. The summed E-state index contributed by atoms with van der Waals surface area (Å²) in [6.45, 7) is 6.28. The average molecular weight is 316 g/mol. The summed E-state index contributed by atoms with van der Waals surface area (Å²) in [7, 11) is 1.56. The van der Waals surface area contributed by atoms with Crippen LogP contribution in [0.2, 0.25) is 0 Å². The predicted molar refractivity (Wildman–Crippen MR) is 88.0 cm³/mol. The molecule has 1 heterocycles. The SMILES string of the molecule is CCc1cc2c(cc1-c1cc(C(C)C)c(F)cc1OC)OCO2. The minimum atomic E-state index is -0.237. The van der Waals surface area contributed by atoms with Gasteiger partial charge < -0.3 is 14.2 Å². The number of rotatable bonds is 4. The van der Waals surface area contributed by atoms with Crippen molar-refractivity contribution in [3.63, 3.8) is 0 Å². The maximum absolute atomic E-state index is 14.3. The van der Waals surface area contributed by atoms with Gasteiger partial charge in [0.05, 0.1) is 7.11 Å². The van der Waals surface area contributed by atoms with E-state index in [0.717, 1.165) is 34.6 Å². The van der Waals surface area contributed by atoms with Gasteiger partial charge in [-0.05, 0) is 47.2 Å². The molecule has 0 fully saturated rings. The summed E-state index contributed by atoms with van der Waals surface area (Å²) in [5.41, 5.74) is 3.68. The van der Waals surface area contributed by atoms with Gasteiger partial charge in [-0.3, -0.25) is 0 Å². The number of aryl methyl sites for hydroxylation is 1. The van der Waals surface area contributed by atoms with Crippen LogP contribution in [0.3, 0.4) is 0 Å². The third-order valence-corrected chi connectivity index (χ3v) is 4.21. The van der Waals surface area contributed by atoms with E-state index in [2.05, 4.69) is 6.92 Å². The van der Waals surface area contributed by atoms with Crippen LogP contribution in [0.15, 0.2) is 24.3 Å². The van der Waals surface area contributed by atoms with E-state index in [1.807, 2.05) is 32.0 Å². The quantitative estimate of drug-likeness (QED) is 0.801. The van der Waals surface area contributed by atoms with Gasteiger partial charge in [0.15, 0.2) is 11.5 Å². The number of hydrogen-bond acceptors (Lipinski definition) is 3. The van der Waals surface area contributed by atoms with Crippen LogP contribution >= 0.6 is 0 Å². The van der Waals surface area contributed by atoms with E-state index in [1.54, 1.807) is 7.11 Å². The van der Waals surface area contributed by atoms with E-state index in [4.69, 9.17) is 14.2 Å². The lowest BCUT2D eigenvalue weighted by molar-refractivity contribution is 0.174. The summed E-state index contributed by atoms with van der Waals surface area (Å²) in [5, 5.41) is 0. The Balaban J connectivity index is 2.23. The van der Waals surface area contributed by atoms with Gasteiger partial charge in [0.25, 0.3) is 0 Å². The molecule has 0 radical (unpaired) electrons. The fourth-order valence-corrected chi connectivity index (χ4v) is 2.92. The van der Waals surface area contributed by atoms with Crippen LogP contribution in [0, 0.1) is 5.82 Å². The summed E-state index contributed by atoms with van der Waals surface area (Å²) in [5.74, 6) is 1.86. The molecule has 2 aromatic rings. The molecule has 0 N–H and O–H groups in total. The Morgan fingerprint density at radius 2 is 1.78 bits per heavy atom. The van der Waals surface area contributed by atoms with Gasteiger partial charge in [0, 0.05) is 11.6 Å². The van der Waals surface area contributed by atoms with E-state index >= 15 is 0 Å². The molecule has 2 aromatic carbocycles. The number of methoxy groups -OCH3 is 1. The van der Waals surface area contributed by atoms with Crippen molar-refractivity contribution in [2.45, 2.75) is 33.1 Å². The van der Waals surface area contributed by atoms with Crippen LogP contribution < -0.4 is 14.2 Å². The topological polar surface area (TPSA) is 27.7 Å². The molecule has 0 aromatic heterocycles. The molecular weight excluding hydrogens is 295 g/mol. The number of ether oxygens (including phenoxy) is 3. The molecule has 0 spiro atoms. The lowest BCUT2D eigenvalue weighted by atomic mass is 9.92. The second-order valence-electron chi connectivity index (χ2n) is 5.94. The zero-order chi connectivity index (χ0) is 16.6. The normalized spacial score (nSPS) is 12.8. The molecule has 1 aliphatic rings. The fraction of sp³-hybridized carbons (Fsp3) is 0.368. The third-order valence-electron chi connectivity index (χ3n) is 4.21. The zero-order valence-electron chi connectivity index (χ0n) is 13.9. The minimum absolute atomic E-state index is 0.0961. The number of halogens is 1. The summed E-state index contributed by atoms with van der Waals surface area (Å²) in [6.07, 6.45) is 0.837. The molecule has 0 saturated heterocycles. The maximum atomic E-state index is 14.3. The van der Waals surface area contributed by atoms with Crippen LogP contribution in [0.25, 0.3) is 11.1 Å². The van der Waals surface area contributed by atoms with E-state index < -0.39 is 0 Å². The Morgan fingerprint density at radius 3 is 2.39 bits per heavy atom. The molecule has 0 aliphatic carbocycles. The van der Waals surface area contributed by atoms with Crippen LogP contribution in [-0.2, 0) is 6.42 Å². The Labute approximate surface area is 136 Å². The summed E-state index contributed by atoms with van der Waals surface area (Å²) >= 11 is 0. The Morgan fingerprint density at radius 1 is 1.09 bits per heavy atom. The van der Waals surface area contributed by atoms with E-state index in [-0.39, 0.29) is 18.5 Å². The van der Waals surface area contributed by atoms with Crippen molar-refractivity contribution < 1.29 is 18.6 Å². The van der Waals surface area contributed by atoms with Crippen LogP contribution in [0.1, 0.15) is 37.8 Å². The first kappa shape index (κ1) is 15.7. The van der Waals surface area contributed by atoms with Gasteiger partial charge in [-0.2, -0.15) is 0 Å². The molecule has 1 aliphatic heterocycles. The van der Waals surface area contributed by atoms with Crippen LogP contribution in [-0.4, -0.2) is 13.9 Å². The number of fused-ring (bicyclic) bond motifs is 1. The molecule has 122 valence electrons. The molecule has 3 nitrogen and oxygen atoms in total. The highest BCUT2D eigenvalue weighted by Crippen LogP contribution is 2.43. The van der Waals surface area contributed by atoms with Gasteiger partial charge in [-0.25, -0.2) is 4.39 Å². The van der Waals surface area contributed by atoms with Gasteiger partial charge in [-0.1, -0.05) is 20.8 Å². The highest BCUT2D eigenvalue weighted by molar-refractivity contribution is 5.77. The number of benzene rings is 2. The van der Waals surface area contributed by atoms with Gasteiger partial charge in [0.1, 0.15) is 11.6 Å². The van der Waals surface area contributed by atoms with Gasteiger partial charge >= 0.3 is 0 Å². The van der Waals surface area contributed by atoms with E-state index in [0.29, 0.717) is 11.3 Å². The van der Waals surface area contributed by atoms with Gasteiger partial charge in [0.2, 0.25) is 6.79 Å². The average Bonchev–Trinajstić information content (AvgIpc) is 3.00. The summed E-state index contributed by atoms with van der Waals surface area (Å²) in [4.78, 5) is 0. The van der Waals surface area contributed by atoms with E-state index in [1.165, 1.54) is 6.07 Å². The minimum Gasteiger partial charge on any atom is -0.496 e. The second kappa shape index (κ2) is 6.11. The van der Waals surface area contributed by atoms with Crippen molar-refractivity contribution in [2.75, 3.05) is 13.9 Å². The molecule has 0 bridgehead atoms. The van der Waals surface area contributed by atoms with Crippen molar-refractivity contribution in [2.24, 2.45) is 0 Å². The Hall–Kier alpha value is -2.23. The Bertz CT molecular complexity index is 738. The Kier molecular flexibility index (Phi) is 4.16. The van der Waals surface area contributed by atoms with E-state index in [9.17, 15) is 4.39 Å². The van der Waals surface area contributed by atoms with Crippen molar-refractivity contribution >= 4 is 0 Å². The lowest BCUT2D eigenvalue weighted by Gasteiger charge is -2.17. The summed E-state index contributed by atoms with van der Waals surface area (Å²) in [6, 6.07) is 7.31.